The molecule has 1 atom stereocenters. The average molecular weight is 171 g/mol. The van der Waals surface area contributed by atoms with Crippen molar-refractivity contribution in [1.29, 1.82) is 0 Å². The molecule has 0 saturated heterocycles. The zero-order valence-electron chi connectivity index (χ0n) is 7.07. The zero-order valence-corrected chi connectivity index (χ0v) is 7.07. The summed E-state index contributed by atoms with van der Waals surface area (Å²) in [5.74, 6) is 0. The summed E-state index contributed by atoms with van der Waals surface area (Å²) in [6.07, 6.45) is 2.80. The van der Waals surface area contributed by atoms with E-state index in [9.17, 15) is 0 Å². The molecule has 1 aliphatic rings. The molecule has 0 fully saturated rings. The minimum atomic E-state index is 0.291. The van der Waals surface area contributed by atoms with Crippen molar-refractivity contribution < 1.29 is 0 Å². The van der Waals surface area contributed by atoms with E-state index in [0.717, 1.165) is 6.42 Å². The summed E-state index contributed by atoms with van der Waals surface area (Å²) in [5, 5.41) is 3.95. The van der Waals surface area contributed by atoms with Gasteiger partial charge < -0.3 is 5.43 Å². The SMILES string of the molecule is [C-]#[N+]c1ccc(C2CC=NN2)cc1. The van der Waals surface area contributed by atoms with Crippen LogP contribution in [0.2, 0.25) is 0 Å². The van der Waals surface area contributed by atoms with Crippen molar-refractivity contribution >= 4 is 11.9 Å². The maximum Gasteiger partial charge on any atom is 0.187 e. The molecule has 1 heterocycles. The van der Waals surface area contributed by atoms with Crippen LogP contribution in [0.5, 0.6) is 0 Å². The quantitative estimate of drug-likeness (QED) is 0.645. The van der Waals surface area contributed by atoms with Gasteiger partial charge in [0.2, 0.25) is 0 Å². The third-order valence-corrected chi connectivity index (χ3v) is 2.09. The minimum Gasteiger partial charge on any atom is -0.303 e. The molecule has 2 rings (SSSR count). The van der Waals surface area contributed by atoms with Crippen molar-refractivity contribution in [3.05, 3.63) is 41.2 Å². The maximum atomic E-state index is 6.81. The van der Waals surface area contributed by atoms with Gasteiger partial charge in [0.15, 0.2) is 5.69 Å². The van der Waals surface area contributed by atoms with E-state index >= 15 is 0 Å². The van der Waals surface area contributed by atoms with E-state index in [-0.39, 0.29) is 0 Å². The van der Waals surface area contributed by atoms with E-state index in [1.165, 1.54) is 5.56 Å². The highest BCUT2D eigenvalue weighted by atomic mass is 15.3. The summed E-state index contributed by atoms with van der Waals surface area (Å²) in [6, 6.07) is 7.91. The number of hydrogen-bond acceptors (Lipinski definition) is 2. The van der Waals surface area contributed by atoms with Gasteiger partial charge >= 0.3 is 0 Å². The molecule has 13 heavy (non-hydrogen) atoms. The first-order valence-electron chi connectivity index (χ1n) is 4.14. The van der Waals surface area contributed by atoms with Gasteiger partial charge in [0.05, 0.1) is 12.6 Å². The molecule has 0 aromatic heterocycles. The van der Waals surface area contributed by atoms with Crippen molar-refractivity contribution in [3.8, 4) is 0 Å². The van der Waals surface area contributed by atoms with Gasteiger partial charge in [0.1, 0.15) is 0 Å². The Morgan fingerprint density at radius 3 is 2.69 bits per heavy atom. The minimum absolute atomic E-state index is 0.291. The van der Waals surface area contributed by atoms with Crippen LogP contribution in [0.1, 0.15) is 18.0 Å². The standard InChI is InChI=1S/C10H9N3/c1-11-9-4-2-8(3-5-9)10-6-7-12-13-10/h2-5,7,10,13H,6H2. The van der Waals surface area contributed by atoms with Crippen molar-refractivity contribution in [2.75, 3.05) is 0 Å². The van der Waals surface area contributed by atoms with E-state index < -0.39 is 0 Å². The van der Waals surface area contributed by atoms with Gasteiger partial charge in [-0.2, -0.15) is 5.10 Å². The highest BCUT2D eigenvalue weighted by molar-refractivity contribution is 5.61. The molecule has 1 aliphatic heterocycles. The van der Waals surface area contributed by atoms with Crippen LogP contribution in [0, 0.1) is 6.57 Å². The van der Waals surface area contributed by atoms with Crippen LogP contribution in [-0.4, -0.2) is 6.21 Å². The summed E-state index contributed by atoms with van der Waals surface area (Å²) >= 11 is 0. The first-order valence-corrected chi connectivity index (χ1v) is 4.14. The molecule has 3 nitrogen and oxygen atoms in total. The van der Waals surface area contributed by atoms with Crippen LogP contribution in [0.3, 0.4) is 0 Å². The topological polar surface area (TPSA) is 28.8 Å². The Balaban J connectivity index is 2.19. The van der Waals surface area contributed by atoms with Gasteiger partial charge in [0.25, 0.3) is 0 Å². The molecular weight excluding hydrogens is 162 g/mol. The number of nitrogens with zero attached hydrogens (tertiary/aromatic N) is 2. The lowest BCUT2D eigenvalue weighted by Gasteiger charge is -2.09. The summed E-state index contributed by atoms with van der Waals surface area (Å²) in [4.78, 5) is 3.34. The van der Waals surface area contributed by atoms with E-state index in [2.05, 4.69) is 15.4 Å². The first kappa shape index (κ1) is 7.81. The molecule has 0 saturated carbocycles. The lowest BCUT2D eigenvalue weighted by atomic mass is 10.1. The van der Waals surface area contributed by atoms with Gasteiger partial charge in [-0.05, 0) is 5.56 Å². The molecule has 0 aliphatic carbocycles. The fourth-order valence-electron chi connectivity index (χ4n) is 1.35. The van der Waals surface area contributed by atoms with Gasteiger partial charge in [-0.25, -0.2) is 4.85 Å². The molecule has 1 unspecified atom stereocenters. The van der Waals surface area contributed by atoms with Gasteiger partial charge in [-0.1, -0.05) is 24.3 Å². The van der Waals surface area contributed by atoms with Crippen molar-refractivity contribution in [2.24, 2.45) is 5.10 Å². The van der Waals surface area contributed by atoms with Crippen LogP contribution >= 0.6 is 0 Å². The zero-order chi connectivity index (χ0) is 9.10. The highest BCUT2D eigenvalue weighted by Crippen LogP contribution is 2.21. The number of benzene rings is 1. The van der Waals surface area contributed by atoms with Crippen LogP contribution in [0.25, 0.3) is 4.85 Å². The van der Waals surface area contributed by atoms with Crippen LogP contribution < -0.4 is 5.43 Å². The average Bonchev–Trinajstić information content (AvgIpc) is 2.71. The summed E-state index contributed by atoms with van der Waals surface area (Å²) < 4.78 is 0. The van der Waals surface area contributed by atoms with Crippen LogP contribution in [0.4, 0.5) is 5.69 Å². The number of hydrazone groups is 1. The molecule has 0 bridgehead atoms. The second kappa shape index (κ2) is 3.28. The Labute approximate surface area is 76.9 Å². The summed E-state index contributed by atoms with van der Waals surface area (Å²) in [5.41, 5.74) is 4.87. The van der Waals surface area contributed by atoms with E-state index in [0.29, 0.717) is 11.7 Å². The monoisotopic (exact) mass is 171 g/mol. The smallest absolute Gasteiger partial charge is 0.187 e. The Hall–Kier alpha value is -1.82. The number of hydrogen-bond donors (Lipinski definition) is 1. The molecule has 3 heteroatoms. The van der Waals surface area contributed by atoms with Crippen LogP contribution in [-0.2, 0) is 0 Å². The highest BCUT2D eigenvalue weighted by Gasteiger charge is 2.12. The fourth-order valence-corrected chi connectivity index (χ4v) is 1.35. The lowest BCUT2D eigenvalue weighted by molar-refractivity contribution is 0.620. The van der Waals surface area contributed by atoms with Crippen LogP contribution in [0.15, 0.2) is 29.4 Å². The molecule has 1 aromatic rings. The predicted octanol–water partition coefficient (Wildman–Crippen LogP) is 2.26. The Bertz CT molecular complexity index is 351. The molecular formula is C10H9N3. The number of rotatable bonds is 1. The molecule has 1 aromatic carbocycles. The predicted molar refractivity (Wildman–Crippen MR) is 51.7 cm³/mol. The van der Waals surface area contributed by atoms with E-state index in [4.69, 9.17) is 6.57 Å². The second-order valence-electron chi connectivity index (χ2n) is 2.93. The molecule has 64 valence electrons. The van der Waals surface area contributed by atoms with E-state index in [1.54, 1.807) is 0 Å². The van der Waals surface area contributed by atoms with Gasteiger partial charge in [-0.3, -0.25) is 0 Å². The van der Waals surface area contributed by atoms with Gasteiger partial charge in [-0.15, -0.1) is 0 Å². The Kier molecular flexibility index (Phi) is 1.97. The second-order valence-corrected chi connectivity index (χ2v) is 2.93. The maximum absolute atomic E-state index is 6.81. The van der Waals surface area contributed by atoms with Crippen molar-refractivity contribution in [3.63, 3.8) is 0 Å². The normalized spacial score (nSPS) is 19.5. The third kappa shape index (κ3) is 1.52. The number of nitrogens with one attached hydrogen (secondary N) is 1. The molecule has 0 radical (unpaired) electrons. The fraction of sp³-hybridized carbons (Fsp3) is 0.200. The Morgan fingerprint density at radius 1 is 1.38 bits per heavy atom. The summed E-state index contributed by atoms with van der Waals surface area (Å²) in [7, 11) is 0. The largest absolute Gasteiger partial charge is 0.303 e. The molecule has 1 N–H and O–H groups in total. The molecule has 0 amide bonds. The van der Waals surface area contributed by atoms with Crippen molar-refractivity contribution in [2.45, 2.75) is 12.5 Å². The third-order valence-electron chi connectivity index (χ3n) is 2.09. The van der Waals surface area contributed by atoms with Gasteiger partial charge in [0, 0.05) is 12.6 Å². The lowest BCUT2D eigenvalue weighted by Crippen LogP contribution is -2.08. The Morgan fingerprint density at radius 2 is 2.15 bits per heavy atom. The van der Waals surface area contributed by atoms with Crippen molar-refractivity contribution in [1.82, 2.24) is 5.43 Å². The summed E-state index contributed by atoms with van der Waals surface area (Å²) in [6.45, 7) is 6.81. The molecule has 0 spiro atoms. The first-order chi connectivity index (χ1) is 6.40. The van der Waals surface area contributed by atoms with E-state index in [1.807, 2.05) is 30.5 Å².